The number of likely N-dealkylation sites (tertiary alicyclic amines) is 1. The third kappa shape index (κ3) is 2.35. The molecule has 1 amide bonds. The number of hydrogen-bond donors (Lipinski definition) is 1. The number of halogens is 1. The number of fused-ring (bicyclic) bond motifs is 2. The monoisotopic (exact) mass is 246 g/mol. The van der Waals surface area contributed by atoms with Crippen LogP contribution >= 0.6 is 12.4 Å². The molecule has 94 valence electrons. The molecule has 2 rings (SSSR count). The highest BCUT2D eigenvalue weighted by atomic mass is 35.5. The summed E-state index contributed by atoms with van der Waals surface area (Å²) in [5.41, 5.74) is 6.16. The number of carbonyl (C=O) groups is 1. The van der Waals surface area contributed by atoms with Crippen LogP contribution in [-0.2, 0) is 4.79 Å². The van der Waals surface area contributed by atoms with Crippen molar-refractivity contribution in [2.45, 2.75) is 46.1 Å². The van der Waals surface area contributed by atoms with Gasteiger partial charge in [0, 0.05) is 12.6 Å². The molecule has 0 aromatic heterocycles. The van der Waals surface area contributed by atoms with Crippen LogP contribution in [0.5, 0.6) is 0 Å². The van der Waals surface area contributed by atoms with E-state index in [2.05, 4.69) is 20.8 Å². The predicted molar refractivity (Wildman–Crippen MR) is 67.5 cm³/mol. The summed E-state index contributed by atoms with van der Waals surface area (Å²) in [6, 6.07) is 0.440. The van der Waals surface area contributed by atoms with Gasteiger partial charge < -0.3 is 10.6 Å². The van der Waals surface area contributed by atoms with Crippen LogP contribution in [0, 0.1) is 10.8 Å². The Morgan fingerprint density at radius 1 is 1.38 bits per heavy atom. The summed E-state index contributed by atoms with van der Waals surface area (Å²) in [5, 5.41) is 0. The number of nitrogens with two attached hydrogens (primary N) is 1. The van der Waals surface area contributed by atoms with E-state index in [1.807, 2.05) is 4.90 Å². The number of nitrogens with zero attached hydrogens (tertiary/aromatic N) is 1. The molecule has 2 fully saturated rings. The molecule has 1 saturated heterocycles. The SMILES string of the molecule is CC1(C)CC2CC(C)(CN2C(=O)CN)C1.Cl. The standard InChI is InChI=1S/C12H22N2O.ClH/c1-11(2)4-9-5-12(3,7-11)8-14(9)10(15)6-13;/h9H,4-8,13H2,1-3H3;1H. The van der Waals surface area contributed by atoms with Crippen molar-refractivity contribution in [3.8, 4) is 0 Å². The molecule has 0 aromatic rings. The normalized spacial score (nSPS) is 35.8. The first-order valence-corrected chi connectivity index (χ1v) is 5.85. The molecule has 2 atom stereocenters. The highest BCUT2D eigenvalue weighted by molar-refractivity contribution is 5.85. The largest absolute Gasteiger partial charge is 0.338 e. The van der Waals surface area contributed by atoms with Crippen molar-refractivity contribution in [2.75, 3.05) is 13.1 Å². The summed E-state index contributed by atoms with van der Waals surface area (Å²) in [4.78, 5) is 13.7. The van der Waals surface area contributed by atoms with Gasteiger partial charge in [0.1, 0.15) is 0 Å². The van der Waals surface area contributed by atoms with Gasteiger partial charge in [-0.05, 0) is 30.1 Å². The molecule has 2 unspecified atom stereocenters. The Morgan fingerprint density at radius 2 is 2.00 bits per heavy atom. The maximum absolute atomic E-state index is 11.7. The van der Waals surface area contributed by atoms with Gasteiger partial charge in [-0.3, -0.25) is 4.79 Å². The molecule has 2 bridgehead atoms. The molecule has 2 N–H and O–H groups in total. The lowest BCUT2D eigenvalue weighted by atomic mass is 9.65. The predicted octanol–water partition coefficient (Wildman–Crippen LogP) is 1.79. The van der Waals surface area contributed by atoms with Gasteiger partial charge in [0.2, 0.25) is 5.91 Å². The molecule has 1 heterocycles. The summed E-state index contributed by atoms with van der Waals surface area (Å²) < 4.78 is 0. The molecule has 4 heteroatoms. The zero-order valence-corrected chi connectivity index (χ0v) is 11.3. The molecular weight excluding hydrogens is 224 g/mol. The van der Waals surface area contributed by atoms with E-state index in [-0.39, 0.29) is 24.9 Å². The Morgan fingerprint density at radius 3 is 2.56 bits per heavy atom. The minimum atomic E-state index is 0. The van der Waals surface area contributed by atoms with Gasteiger partial charge in [0.05, 0.1) is 6.54 Å². The van der Waals surface area contributed by atoms with E-state index in [1.54, 1.807) is 0 Å². The average molecular weight is 247 g/mol. The fraction of sp³-hybridized carbons (Fsp3) is 0.917. The van der Waals surface area contributed by atoms with E-state index >= 15 is 0 Å². The fourth-order valence-electron chi connectivity index (χ4n) is 3.87. The molecule has 1 saturated carbocycles. The smallest absolute Gasteiger partial charge is 0.236 e. The van der Waals surface area contributed by atoms with Crippen LogP contribution in [0.15, 0.2) is 0 Å². The van der Waals surface area contributed by atoms with Crippen LogP contribution in [0.25, 0.3) is 0 Å². The maximum Gasteiger partial charge on any atom is 0.236 e. The lowest BCUT2D eigenvalue weighted by Gasteiger charge is -2.39. The summed E-state index contributed by atoms with van der Waals surface area (Å²) >= 11 is 0. The second-order valence-electron chi connectivity index (χ2n) is 6.44. The summed E-state index contributed by atoms with van der Waals surface area (Å²) in [6.45, 7) is 8.01. The second-order valence-corrected chi connectivity index (χ2v) is 6.44. The van der Waals surface area contributed by atoms with Gasteiger partial charge in [0.15, 0.2) is 0 Å². The van der Waals surface area contributed by atoms with Gasteiger partial charge in [-0.1, -0.05) is 20.8 Å². The third-order valence-electron chi connectivity index (χ3n) is 3.91. The first-order chi connectivity index (χ1) is 6.85. The highest BCUT2D eigenvalue weighted by Gasteiger charge is 2.50. The quantitative estimate of drug-likeness (QED) is 0.767. The van der Waals surface area contributed by atoms with Gasteiger partial charge >= 0.3 is 0 Å². The minimum absolute atomic E-state index is 0. The molecule has 1 aliphatic heterocycles. The van der Waals surface area contributed by atoms with Crippen LogP contribution < -0.4 is 5.73 Å². The Kier molecular flexibility index (Phi) is 3.61. The highest BCUT2D eigenvalue weighted by Crippen LogP contribution is 2.52. The fourth-order valence-corrected chi connectivity index (χ4v) is 3.87. The van der Waals surface area contributed by atoms with Gasteiger partial charge in [-0.15, -0.1) is 12.4 Å². The maximum atomic E-state index is 11.7. The Bertz CT molecular complexity index is 293. The van der Waals surface area contributed by atoms with Crippen molar-refractivity contribution in [3.63, 3.8) is 0 Å². The van der Waals surface area contributed by atoms with E-state index in [0.717, 1.165) is 13.0 Å². The van der Waals surface area contributed by atoms with Crippen LogP contribution in [0.2, 0.25) is 0 Å². The van der Waals surface area contributed by atoms with Crippen molar-refractivity contribution in [3.05, 3.63) is 0 Å². The van der Waals surface area contributed by atoms with E-state index < -0.39 is 0 Å². The number of carbonyl (C=O) groups excluding carboxylic acids is 1. The lowest BCUT2D eigenvalue weighted by Crippen LogP contribution is -2.40. The molecule has 0 spiro atoms. The van der Waals surface area contributed by atoms with Crippen LogP contribution in [0.3, 0.4) is 0 Å². The minimum Gasteiger partial charge on any atom is -0.338 e. The van der Waals surface area contributed by atoms with Crippen molar-refractivity contribution < 1.29 is 4.79 Å². The Hall–Kier alpha value is -0.280. The summed E-state index contributed by atoms with van der Waals surface area (Å²) in [5.74, 6) is 0.126. The number of amides is 1. The zero-order valence-electron chi connectivity index (χ0n) is 10.5. The zero-order chi connectivity index (χ0) is 11.3. The van der Waals surface area contributed by atoms with Gasteiger partial charge in [-0.2, -0.15) is 0 Å². The molecule has 0 radical (unpaired) electrons. The molecule has 0 aromatic carbocycles. The van der Waals surface area contributed by atoms with Crippen LogP contribution in [0.1, 0.15) is 40.0 Å². The first kappa shape index (κ1) is 13.8. The second kappa shape index (κ2) is 4.19. The van der Waals surface area contributed by atoms with Crippen LogP contribution in [-0.4, -0.2) is 29.9 Å². The first-order valence-electron chi connectivity index (χ1n) is 5.85. The lowest BCUT2D eigenvalue weighted by molar-refractivity contribution is -0.130. The van der Waals surface area contributed by atoms with E-state index in [4.69, 9.17) is 5.73 Å². The van der Waals surface area contributed by atoms with Crippen LogP contribution in [0.4, 0.5) is 0 Å². The Balaban J connectivity index is 0.00000128. The number of rotatable bonds is 1. The van der Waals surface area contributed by atoms with Crippen molar-refractivity contribution in [1.82, 2.24) is 4.90 Å². The van der Waals surface area contributed by atoms with E-state index in [0.29, 0.717) is 16.9 Å². The van der Waals surface area contributed by atoms with E-state index in [9.17, 15) is 4.79 Å². The molecular formula is C12H23ClN2O. The summed E-state index contributed by atoms with van der Waals surface area (Å²) in [6.07, 6.45) is 3.53. The Labute approximate surface area is 104 Å². The summed E-state index contributed by atoms with van der Waals surface area (Å²) in [7, 11) is 0. The van der Waals surface area contributed by atoms with Crippen molar-refractivity contribution in [2.24, 2.45) is 16.6 Å². The molecule has 16 heavy (non-hydrogen) atoms. The molecule has 1 aliphatic carbocycles. The number of hydrogen-bond acceptors (Lipinski definition) is 2. The average Bonchev–Trinajstić information content (AvgIpc) is 2.33. The van der Waals surface area contributed by atoms with E-state index in [1.165, 1.54) is 12.8 Å². The molecule has 3 nitrogen and oxygen atoms in total. The van der Waals surface area contributed by atoms with Crippen molar-refractivity contribution in [1.29, 1.82) is 0 Å². The third-order valence-corrected chi connectivity index (χ3v) is 3.91. The van der Waals surface area contributed by atoms with Crippen molar-refractivity contribution >= 4 is 18.3 Å². The van der Waals surface area contributed by atoms with Gasteiger partial charge in [-0.25, -0.2) is 0 Å². The molecule has 2 aliphatic rings. The van der Waals surface area contributed by atoms with Gasteiger partial charge in [0.25, 0.3) is 0 Å². The topological polar surface area (TPSA) is 46.3 Å².